The Kier molecular flexibility index (Phi) is 4.73. The van der Waals surface area contributed by atoms with Crippen molar-refractivity contribution in [2.75, 3.05) is 6.61 Å². The Balaban J connectivity index is 2.31. The molecule has 0 amide bonds. The van der Waals surface area contributed by atoms with Gasteiger partial charge in [0.15, 0.2) is 11.6 Å². The van der Waals surface area contributed by atoms with Crippen LogP contribution < -0.4 is 4.74 Å². The molecule has 0 aliphatic carbocycles. The Hall–Kier alpha value is -2.17. The van der Waals surface area contributed by atoms with Crippen molar-refractivity contribution in [3.05, 3.63) is 47.8 Å². The number of rotatable bonds is 5. The molecule has 2 rings (SSSR count). The standard InChI is InChI=1S/C16H15F3O2/c1-2-3-8-21-10-4-5-11(13(17)9-10)12-6-7-14(20)16(19)15(12)18/h4-7,9,20H,2-3,8H2,1H3. The van der Waals surface area contributed by atoms with Crippen molar-refractivity contribution in [2.45, 2.75) is 19.8 Å². The summed E-state index contributed by atoms with van der Waals surface area (Å²) < 4.78 is 46.4. The van der Waals surface area contributed by atoms with Crippen LogP contribution >= 0.6 is 0 Å². The van der Waals surface area contributed by atoms with Gasteiger partial charge >= 0.3 is 0 Å². The van der Waals surface area contributed by atoms with Gasteiger partial charge in [-0.3, -0.25) is 0 Å². The van der Waals surface area contributed by atoms with Gasteiger partial charge in [-0.15, -0.1) is 0 Å². The molecule has 112 valence electrons. The summed E-state index contributed by atoms with van der Waals surface area (Å²) in [6, 6.07) is 6.07. The van der Waals surface area contributed by atoms with Crippen LogP contribution in [0.3, 0.4) is 0 Å². The lowest BCUT2D eigenvalue weighted by Crippen LogP contribution is -1.98. The van der Waals surface area contributed by atoms with Gasteiger partial charge in [0.2, 0.25) is 5.82 Å². The minimum Gasteiger partial charge on any atom is -0.505 e. The summed E-state index contributed by atoms with van der Waals surface area (Å²) in [4.78, 5) is 0. The zero-order valence-corrected chi connectivity index (χ0v) is 11.5. The molecule has 0 heterocycles. The second-order valence-electron chi connectivity index (χ2n) is 4.60. The molecule has 0 atom stereocenters. The third-order valence-corrected chi connectivity index (χ3v) is 3.06. The SMILES string of the molecule is CCCCOc1ccc(-c2ccc(O)c(F)c2F)c(F)c1. The molecule has 0 aliphatic rings. The molecule has 2 aromatic rings. The lowest BCUT2D eigenvalue weighted by atomic mass is 10.0. The lowest BCUT2D eigenvalue weighted by Gasteiger charge is -2.09. The highest BCUT2D eigenvalue weighted by Crippen LogP contribution is 2.32. The summed E-state index contributed by atoms with van der Waals surface area (Å²) in [6.07, 6.45) is 1.81. The van der Waals surface area contributed by atoms with E-state index >= 15 is 0 Å². The molecule has 0 aromatic heterocycles. The number of unbranched alkanes of at least 4 members (excludes halogenated alkanes) is 1. The highest BCUT2D eigenvalue weighted by Gasteiger charge is 2.17. The normalized spacial score (nSPS) is 10.7. The molecule has 5 heteroatoms. The molecule has 21 heavy (non-hydrogen) atoms. The maximum atomic E-state index is 14.0. The summed E-state index contributed by atoms with van der Waals surface area (Å²) in [5, 5.41) is 9.08. The van der Waals surface area contributed by atoms with Gasteiger partial charge in [-0.2, -0.15) is 4.39 Å². The van der Waals surface area contributed by atoms with E-state index in [9.17, 15) is 13.2 Å². The molecule has 2 aromatic carbocycles. The molecule has 0 aliphatic heterocycles. The average molecular weight is 296 g/mol. The van der Waals surface area contributed by atoms with Crippen LogP contribution in [-0.2, 0) is 0 Å². The van der Waals surface area contributed by atoms with Crippen LogP contribution in [0.15, 0.2) is 30.3 Å². The van der Waals surface area contributed by atoms with E-state index in [0.29, 0.717) is 12.4 Å². The Morgan fingerprint density at radius 1 is 1.00 bits per heavy atom. The van der Waals surface area contributed by atoms with E-state index in [1.807, 2.05) is 6.92 Å². The number of phenolic OH excluding ortho intramolecular Hbond substituents is 1. The number of ether oxygens (including phenoxy) is 1. The van der Waals surface area contributed by atoms with Gasteiger partial charge in [-0.1, -0.05) is 13.3 Å². The first-order chi connectivity index (χ1) is 10.0. The van der Waals surface area contributed by atoms with Gasteiger partial charge in [0.05, 0.1) is 6.61 Å². The van der Waals surface area contributed by atoms with Crippen molar-refractivity contribution in [3.63, 3.8) is 0 Å². The number of aromatic hydroxyl groups is 1. The Labute approximate surface area is 120 Å². The van der Waals surface area contributed by atoms with Gasteiger partial charge < -0.3 is 9.84 Å². The maximum Gasteiger partial charge on any atom is 0.200 e. The summed E-state index contributed by atoms with van der Waals surface area (Å²) in [5.74, 6) is -3.86. The summed E-state index contributed by atoms with van der Waals surface area (Å²) in [5.41, 5.74) is -0.336. The maximum absolute atomic E-state index is 14.0. The lowest BCUT2D eigenvalue weighted by molar-refractivity contribution is 0.308. The van der Waals surface area contributed by atoms with Crippen molar-refractivity contribution >= 4 is 0 Å². The molecule has 0 spiro atoms. The van der Waals surface area contributed by atoms with Crippen LogP contribution in [0.1, 0.15) is 19.8 Å². The topological polar surface area (TPSA) is 29.5 Å². The number of benzene rings is 2. The second-order valence-corrected chi connectivity index (χ2v) is 4.60. The van der Waals surface area contributed by atoms with E-state index in [1.165, 1.54) is 12.1 Å². The Morgan fingerprint density at radius 2 is 1.71 bits per heavy atom. The average Bonchev–Trinajstić information content (AvgIpc) is 2.46. The summed E-state index contributed by atoms with van der Waals surface area (Å²) in [7, 11) is 0. The quantitative estimate of drug-likeness (QED) is 0.813. The van der Waals surface area contributed by atoms with Gasteiger partial charge in [0.25, 0.3) is 0 Å². The van der Waals surface area contributed by atoms with E-state index in [0.717, 1.165) is 31.0 Å². The molecule has 0 bridgehead atoms. The van der Waals surface area contributed by atoms with Crippen LogP contribution in [0.4, 0.5) is 13.2 Å². The number of hydrogen-bond acceptors (Lipinski definition) is 2. The summed E-state index contributed by atoms with van der Waals surface area (Å²) in [6.45, 7) is 2.48. The fraction of sp³-hybridized carbons (Fsp3) is 0.250. The number of hydrogen-bond donors (Lipinski definition) is 1. The largest absolute Gasteiger partial charge is 0.505 e. The second kappa shape index (κ2) is 6.52. The first kappa shape index (κ1) is 15.2. The predicted molar refractivity (Wildman–Crippen MR) is 73.8 cm³/mol. The molecule has 0 fully saturated rings. The van der Waals surface area contributed by atoms with Crippen LogP contribution in [0.5, 0.6) is 11.5 Å². The molecule has 0 saturated heterocycles. The molecular weight excluding hydrogens is 281 g/mol. The van der Waals surface area contributed by atoms with Gasteiger partial charge in [-0.05, 0) is 30.7 Å². The Bertz CT molecular complexity index is 642. The third-order valence-electron chi connectivity index (χ3n) is 3.06. The number of halogens is 3. The Morgan fingerprint density at radius 3 is 2.38 bits per heavy atom. The molecule has 0 unspecified atom stereocenters. The molecular formula is C16H15F3O2. The zero-order valence-electron chi connectivity index (χ0n) is 11.5. The van der Waals surface area contributed by atoms with Gasteiger partial charge in [0.1, 0.15) is 11.6 Å². The fourth-order valence-electron chi connectivity index (χ4n) is 1.89. The van der Waals surface area contributed by atoms with Crippen molar-refractivity contribution in [1.29, 1.82) is 0 Å². The van der Waals surface area contributed by atoms with Crippen molar-refractivity contribution in [3.8, 4) is 22.6 Å². The molecule has 0 saturated carbocycles. The van der Waals surface area contributed by atoms with E-state index < -0.39 is 23.2 Å². The van der Waals surface area contributed by atoms with E-state index in [4.69, 9.17) is 9.84 Å². The summed E-state index contributed by atoms with van der Waals surface area (Å²) >= 11 is 0. The number of phenols is 1. The minimum absolute atomic E-state index is 0.0887. The highest BCUT2D eigenvalue weighted by molar-refractivity contribution is 5.66. The highest BCUT2D eigenvalue weighted by atomic mass is 19.2. The zero-order chi connectivity index (χ0) is 15.4. The first-order valence-electron chi connectivity index (χ1n) is 6.64. The molecule has 1 N–H and O–H groups in total. The molecule has 0 radical (unpaired) electrons. The van der Waals surface area contributed by atoms with E-state index in [-0.39, 0.29) is 11.1 Å². The minimum atomic E-state index is -1.39. The van der Waals surface area contributed by atoms with E-state index in [2.05, 4.69) is 0 Å². The van der Waals surface area contributed by atoms with Crippen molar-refractivity contribution < 1.29 is 23.0 Å². The molecule has 2 nitrogen and oxygen atoms in total. The van der Waals surface area contributed by atoms with E-state index in [1.54, 1.807) is 0 Å². The van der Waals surface area contributed by atoms with Crippen LogP contribution in [0, 0.1) is 17.5 Å². The first-order valence-corrected chi connectivity index (χ1v) is 6.64. The van der Waals surface area contributed by atoms with Crippen LogP contribution in [-0.4, -0.2) is 11.7 Å². The smallest absolute Gasteiger partial charge is 0.200 e. The third kappa shape index (κ3) is 3.29. The fourth-order valence-corrected chi connectivity index (χ4v) is 1.89. The van der Waals surface area contributed by atoms with Crippen LogP contribution in [0.2, 0.25) is 0 Å². The van der Waals surface area contributed by atoms with Gasteiger partial charge in [-0.25, -0.2) is 8.78 Å². The van der Waals surface area contributed by atoms with Crippen LogP contribution in [0.25, 0.3) is 11.1 Å². The van der Waals surface area contributed by atoms with Crippen molar-refractivity contribution in [1.82, 2.24) is 0 Å². The predicted octanol–water partition coefficient (Wildman–Crippen LogP) is 4.66. The van der Waals surface area contributed by atoms with Gasteiger partial charge in [0, 0.05) is 17.2 Å². The van der Waals surface area contributed by atoms with Crippen molar-refractivity contribution in [2.24, 2.45) is 0 Å². The monoisotopic (exact) mass is 296 g/mol.